The summed E-state index contributed by atoms with van der Waals surface area (Å²) in [4.78, 5) is 33.9. The minimum atomic E-state index is -0.990. The number of aryl methyl sites for hydroxylation is 2. The summed E-state index contributed by atoms with van der Waals surface area (Å²) in [6, 6.07) is -0.825. The number of carboxylic acids is 1. The summed E-state index contributed by atoms with van der Waals surface area (Å²) in [5.41, 5.74) is 1.13. The smallest absolute Gasteiger partial charge is 0.326 e. The Balaban J connectivity index is 2.02. The van der Waals surface area contributed by atoms with E-state index in [4.69, 9.17) is 0 Å². The van der Waals surface area contributed by atoms with Gasteiger partial charge in [0.2, 0.25) is 5.91 Å². The van der Waals surface area contributed by atoms with Crippen molar-refractivity contribution in [2.24, 2.45) is 0 Å². The van der Waals surface area contributed by atoms with Crippen LogP contribution in [0.15, 0.2) is 11.4 Å². The van der Waals surface area contributed by atoms with Crippen molar-refractivity contribution in [1.29, 1.82) is 0 Å². The minimum Gasteiger partial charge on any atom is -0.480 e. The maximum absolute atomic E-state index is 12.1. The fourth-order valence-electron chi connectivity index (χ4n) is 2.30. The van der Waals surface area contributed by atoms with E-state index in [0.717, 1.165) is 33.6 Å². The first kappa shape index (κ1) is 18.7. The SMILES string of the molecule is CCCC[C@H](NC(=O)CSc1ncnc2sc(C)c(C)c12)C(=O)O. The quantitative estimate of drug-likeness (QED) is 0.550. The lowest BCUT2D eigenvalue weighted by molar-refractivity contribution is -0.141. The van der Waals surface area contributed by atoms with Crippen molar-refractivity contribution in [3.05, 3.63) is 16.8 Å². The highest BCUT2D eigenvalue weighted by Crippen LogP contribution is 2.34. The molecule has 2 rings (SSSR count). The zero-order valence-electron chi connectivity index (χ0n) is 14.0. The average molecular weight is 367 g/mol. The number of nitrogens with zero attached hydrogens (tertiary/aromatic N) is 2. The van der Waals surface area contributed by atoms with E-state index in [-0.39, 0.29) is 11.7 Å². The molecule has 8 heteroatoms. The Morgan fingerprint density at radius 3 is 2.79 bits per heavy atom. The molecule has 2 aromatic heterocycles. The maximum atomic E-state index is 12.1. The number of thioether (sulfide) groups is 1. The molecule has 0 bridgehead atoms. The molecule has 24 heavy (non-hydrogen) atoms. The van der Waals surface area contributed by atoms with E-state index < -0.39 is 12.0 Å². The van der Waals surface area contributed by atoms with E-state index in [1.54, 1.807) is 11.3 Å². The van der Waals surface area contributed by atoms with Crippen LogP contribution in [-0.4, -0.2) is 38.7 Å². The number of amides is 1. The van der Waals surface area contributed by atoms with Crippen molar-refractivity contribution in [3.8, 4) is 0 Å². The van der Waals surface area contributed by atoms with Crippen molar-refractivity contribution in [1.82, 2.24) is 15.3 Å². The molecule has 1 atom stereocenters. The zero-order valence-corrected chi connectivity index (χ0v) is 15.6. The van der Waals surface area contributed by atoms with Gasteiger partial charge in [-0.3, -0.25) is 4.79 Å². The molecule has 0 spiro atoms. The summed E-state index contributed by atoms with van der Waals surface area (Å²) in [6.07, 6.45) is 3.61. The molecule has 2 aromatic rings. The van der Waals surface area contributed by atoms with Crippen LogP contribution in [0.3, 0.4) is 0 Å². The number of nitrogens with one attached hydrogen (secondary N) is 1. The van der Waals surface area contributed by atoms with E-state index >= 15 is 0 Å². The monoisotopic (exact) mass is 367 g/mol. The first-order chi connectivity index (χ1) is 11.4. The van der Waals surface area contributed by atoms with E-state index in [1.807, 2.05) is 20.8 Å². The number of thiophene rings is 1. The van der Waals surface area contributed by atoms with Crippen LogP contribution in [0.4, 0.5) is 0 Å². The van der Waals surface area contributed by atoms with E-state index in [1.165, 1.54) is 23.0 Å². The number of aliphatic carboxylic acids is 1. The number of hydrogen-bond acceptors (Lipinski definition) is 6. The van der Waals surface area contributed by atoms with Crippen LogP contribution in [0.5, 0.6) is 0 Å². The second kappa shape index (κ2) is 8.43. The van der Waals surface area contributed by atoms with Gasteiger partial charge in [-0.2, -0.15) is 0 Å². The van der Waals surface area contributed by atoms with Gasteiger partial charge in [-0.1, -0.05) is 31.5 Å². The number of carbonyl (C=O) groups is 2. The lowest BCUT2D eigenvalue weighted by Crippen LogP contribution is -2.41. The second-order valence-electron chi connectivity index (χ2n) is 5.53. The Labute approximate surface area is 149 Å². The van der Waals surface area contributed by atoms with Crippen LogP contribution < -0.4 is 5.32 Å². The van der Waals surface area contributed by atoms with Crippen LogP contribution in [0, 0.1) is 13.8 Å². The van der Waals surface area contributed by atoms with Gasteiger partial charge in [0.15, 0.2) is 0 Å². The van der Waals surface area contributed by atoms with Crippen molar-refractivity contribution in [2.75, 3.05) is 5.75 Å². The van der Waals surface area contributed by atoms with Crippen molar-refractivity contribution in [2.45, 2.75) is 51.1 Å². The van der Waals surface area contributed by atoms with Gasteiger partial charge in [0.05, 0.1) is 5.75 Å². The minimum absolute atomic E-state index is 0.135. The molecule has 0 aliphatic rings. The Kier molecular flexibility index (Phi) is 6.56. The first-order valence-electron chi connectivity index (χ1n) is 7.79. The normalized spacial score (nSPS) is 12.3. The summed E-state index contributed by atoms with van der Waals surface area (Å²) in [5.74, 6) is -1.15. The number of carboxylic acid groups (broad SMARTS) is 1. The summed E-state index contributed by atoms with van der Waals surface area (Å²) in [7, 11) is 0. The summed E-state index contributed by atoms with van der Waals surface area (Å²) in [6.45, 7) is 6.04. The Morgan fingerprint density at radius 2 is 2.12 bits per heavy atom. The van der Waals surface area contributed by atoms with Crippen molar-refractivity contribution >= 4 is 45.2 Å². The van der Waals surface area contributed by atoms with Crippen LogP contribution >= 0.6 is 23.1 Å². The predicted octanol–water partition coefficient (Wildman–Crippen LogP) is 3.16. The van der Waals surface area contributed by atoms with Crippen LogP contribution in [0.1, 0.15) is 36.6 Å². The summed E-state index contributed by atoms with van der Waals surface area (Å²) < 4.78 is 0. The molecular formula is C16H21N3O3S2. The van der Waals surface area contributed by atoms with Gasteiger partial charge in [0.25, 0.3) is 0 Å². The molecule has 0 fully saturated rings. The molecule has 2 N–H and O–H groups in total. The number of aromatic nitrogens is 2. The third-order valence-electron chi connectivity index (χ3n) is 3.75. The van der Waals surface area contributed by atoms with Gasteiger partial charge in [-0.05, 0) is 25.8 Å². The predicted molar refractivity (Wildman–Crippen MR) is 96.7 cm³/mol. The molecule has 6 nitrogen and oxygen atoms in total. The van der Waals surface area contributed by atoms with Crippen molar-refractivity contribution in [3.63, 3.8) is 0 Å². The Bertz CT molecular complexity index is 745. The number of rotatable bonds is 8. The second-order valence-corrected chi connectivity index (χ2v) is 7.70. The van der Waals surface area contributed by atoms with Crippen LogP contribution in [0.25, 0.3) is 10.2 Å². The van der Waals surface area contributed by atoms with Crippen LogP contribution in [-0.2, 0) is 9.59 Å². The number of unbranched alkanes of at least 4 members (excludes halogenated alkanes) is 1. The zero-order chi connectivity index (χ0) is 17.7. The largest absolute Gasteiger partial charge is 0.480 e. The highest BCUT2D eigenvalue weighted by molar-refractivity contribution is 8.00. The lowest BCUT2D eigenvalue weighted by Gasteiger charge is -2.13. The molecule has 2 heterocycles. The third kappa shape index (κ3) is 4.45. The number of hydrogen-bond donors (Lipinski definition) is 2. The molecule has 0 aliphatic carbocycles. The molecule has 1 amide bonds. The third-order valence-corrected chi connectivity index (χ3v) is 5.85. The highest BCUT2D eigenvalue weighted by Gasteiger charge is 2.20. The molecular weight excluding hydrogens is 346 g/mol. The average Bonchev–Trinajstić information content (AvgIpc) is 2.84. The first-order valence-corrected chi connectivity index (χ1v) is 9.59. The van der Waals surface area contributed by atoms with Gasteiger partial charge >= 0.3 is 5.97 Å². The molecule has 0 aromatic carbocycles. The van der Waals surface area contributed by atoms with Gasteiger partial charge in [0.1, 0.15) is 22.2 Å². The number of fused-ring (bicyclic) bond motifs is 1. The van der Waals surface area contributed by atoms with E-state index in [0.29, 0.717) is 6.42 Å². The molecule has 130 valence electrons. The topological polar surface area (TPSA) is 92.2 Å². The molecule has 0 saturated heterocycles. The van der Waals surface area contributed by atoms with Crippen LogP contribution in [0.2, 0.25) is 0 Å². The summed E-state index contributed by atoms with van der Waals surface area (Å²) >= 11 is 2.92. The molecule has 0 saturated carbocycles. The Morgan fingerprint density at radius 1 is 1.38 bits per heavy atom. The molecule has 0 unspecified atom stereocenters. The number of carbonyl (C=O) groups excluding carboxylic acids is 1. The lowest BCUT2D eigenvalue weighted by atomic mass is 10.1. The summed E-state index contributed by atoms with van der Waals surface area (Å²) in [5, 5.41) is 13.5. The van der Waals surface area contributed by atoms with Gasteiger partial charge in [0, 0.05) is 10.3 Å². The fraction of sp³-hybridized carbons (Fsp3) is 0.500. The molecule has 0 radical (unpaired) electrons. The van der Waals surface area contributed by atoms with E-state index in [2.05, 4.69) is 15.3 Å². The maximum Gasteiger partial charge on any atom is 0.326 e. The van der Waals surface area contributed by atoms with Gasteiger partial charge in [-0.15, -0.1) is 11.3 Å². The Hall–Kier alpha value is -1.67. The van der Waals surface area contributed by atoms with E-state index in [9.17, 15) is 14.7 Å². The highest BCUT2D eigenvalue weighted by atomic mass is 32.2. The molecule has 0 aliphatic heterocycles. The standard InChI is InChI=1S/C16H21N3O3S2/c1-4-5-6-11(16(21)22)19-12(20)7-23-14-13-9(2)10(3)24-15(13)18-8-17-14/h8,11H,4-7H2,1-3H3,(H,19,20)(H,21,22)/t11-/m0/s1. The fourth-order valence-corrected chi connectivity index (χ4v) is 4.22. The van der Waals surface area contributed by atoms with Gasteiger partial charge < -0.3 is 10.4 Å². The van der Waals surface area contributed by atoms with Gasteiger partial charge in [-0.25, -0.2) is 14.8 Å². The van der Waals surface area contributed by atoms with Crippen molar-refractivity contribution < 1.29 is 14.7 Å².